The molecule has 0 bridgehead atoms. The Morgan fingerprint density at radius 1 is 1.22 bits per heavy atom. The molecule has 1 aromatic rings. The fourth-order valence-corrected chi connectivity index (χ4v) is 2.89. The van der Waals surface area contributed by atoms with Gasteiger partial charge in [0.15, 0.2) is 5.16 Å². The summed E-state index contributed by atoms with van der Waals surface area (Å²) in [5.41, 5.74) is 0. The van der Waals surface area contributed by atoms with Crippen molar-refractivity contribution in [2.24, 2.45) is 0 Å². The van der Waals surface area contributed by atoms with E-state index in [-0.39, 0.29) is 24.8 Å². The number of thioether (sulfide) groups is 1. The van der Waals surface area contributed by atoms with E-state index in [0.717, 1.165) is 18.2 Å². The summed E-state index contributed by atoms with van der Waals surface area (Å²) in [7, 11) is 0. The number of hydrogen-bond acceptors (Lipinski definition) is 4. The average molecular weight is 313 g/mol. The highest BCUT2D eigenvalue weighted by Crippen LogP contribution is 2.29. The Kier molecular flexibility index (Phi) is 8.26. The molecule has 1 fully saturated rings. The predicted octanol–water partition coefficient (Wildman–Crippen LogP) is 2.89. The van der Waals surface area contributed by atoms with Crippen LogP contribution in [0.15, 0.2) is 5.16 Å². The summed E-state index contributed by atoms with van der Waals surface area (Å²) in [5, 5.41) is 13.1. The van der Waals surface area contributed by atoms with Crippen LogP contribution in [0, 0.1) is 0 Å². The van der Waals surface area contributed by atoms with Crippen LogP contribution in [0.1, 0.15) is 44.5 Å². The molecule has 4 nitrogen and oxygen atoms in total. The molecule has 0 aromatic carbocycles. The minimum absolute atomic E-state index is 0. The summed E-state index contributed by atoms with van der Waals surface area (Å²) in [6.07, 6.45) is 4.42. The smallest absolute Gasteiger partial charge is 0.191 e. The highest BCUT2D eigenvalue weighted by atomic mass is 35.5. The third-order valence-corrected chi connectivity index (χ3v) is 3.74. The lowest BCUT2D eigenvalue weighted by atomic mass is 9.97. The molecule has 2 heterocycles. The zero-order chi connectivity index (χ0) is 11.5. The van der Waals surface area contributed by atoms with Crippen LogP contribution in [0.4, 0.5) is 0 Å². The maximum Gasteiger partial charge on any atom is 0.191 e. The van der Waals surface area contributed by atoms with Gasteiger partial charge in [-0.15, -0.1) is 35.0 Å². The lowest BCUT2D eigenvalue weighted by Crippen LogP contribution is -2.28. The minimum atomic E-state index is 0. The molecule has 1 aromatic heterocycles. The average Bonchev–Trinajstić information content (AvgIpc) is 2.73. The molecule has 1 saturated heterocycles. The second-order valence-electron chi connectivity index (χ2n) is 4.53. The lowest BCUT2D eigenvalue weighted by molar-refractivity contribution is 0.412. The van der Waals surface area contributed by atoms with Crippen molar-refractivity contribution < 1.29 is 0 Å². The number of piperidine rings is 1. The SMILES string of the molecule is CSc1nnc(C2CCNCC2)n1C(C)C.Cl.Cl. The van der Waals surface area contributed by atoms with Crippen molar-refractivity contribution in [1.82, 2.24) is 20.1 Å². The summed E-state index contributed by atoms with van der Waals surface area (Å²) in [6, 6.07) is 0.447. The van der Waals surface area contributed by atoms with E-state index in [9.17, 15) is 0 Å². The summed E-state index contributed by atoms with van der Waals surface area (Å²) in [6.45, 7) is 6.61. The van der Waals surface area contributed by atoms with Crippen molar-refractivity contribution in [2.75, 3.05) is 19.3 Å². The van der Waals surface area contributed by atoms with Gasteiger partial charge in [0.05, 0.1) is 0 Å². The maximum atomic E-state index is 4.40. The Morgan fingerprint density at radius 2 is 1.83 bits per heavy atom. The second kappa shape index (κ2) is 8.25. The Labute approximate surface area is 126 Å². The molecule has 1 aliphatic rings. The molecular formula is C11H22Cl2N4S. The Morgan fingerprint density at radius 3 is 2.33 bits per heavy atom. The van der Waals surface area contributed by atoms with Crippen molar-refractivity contribution >= 4 is 36.6 Å². The molecule has 0 spiro atoms. The first-order chi connectivity index (χ1) is 7.74. The van der Waals surface area contributed by atoms with Crippen LogP contribution in [-0.2, 0) is 0 Å². The predicted molar refractivity (Wildman–Crippen MR) is 81.5 cm³/mol. The fraction of sp³-hybridized carbons (Fsp3) is 0.818. The Balaban J connectivity index is 0.00000144. The van der Waals surface area contributed by atoms with Gasteiger partial charge in [0.25, 0.3) is 0 Å². The van der Waals surface area contributed by atoms with Gasteiger partial charge in [0.1, 0.15) is 5.82 Å². The number of hydrogen-bond donors (Lipinski definition) is 1. The second-order valence-corrected chi connectivity index (χ2v) is 5.31. The summed E-state index contributed by atoms with van der Waals surface area (Å²) in [5.74, 6) is 1.76. The summed E-state index contributed by atoms with van der Waals surface area (Å²) >= 11 is 1.68. The minimum Gasteiger partial charge on any atom is -0.317 e. The standard InChI is InChI=1S/C11H20N4S.2ClH/c1-8(2)15-10(13-14-11(15)16-3)9-4-6-12-7-5-9;;/h8-9,12H,4-7H2,1-3H3;2*1H. The normalized spacial score (nSPS) is 16.2. The largest absolute Gasteiger partial charge is 0.317 e. The molecule has 18 heavy (non-hydrogen) atoms. The lowest BCUT2D eigenvalue weighted by Gasteiger charge is -2.24. The van der Waals surface area contributed by atoms with E-state index >= 15 is 0 Å². The number of nitrogens with zero attached hydrogens (tertiary/aromatic N) is 3. The number of halogens is 2. The van der Waals surface area contributed by atoms with E-state index in [2.05, 4.69) is 40.2 Å². The number of aromatic nitrogens is 3. The third-order valence-electron chi connectivity index (χ3n) is 3.09. The van der Waals surface area contributed by atoms with Crippen LogP contribution in [0.3, 0.4) is 0 Å². The first-order valence-electron chi connectivity index (χ1n) is 5.93. The Bertz CT molecular complexity index is 351. The van der Waals surface area contributed by atoms with Gasteiger partial charge in [-0.2, -0.15) is 0 Å². The van der Waals surface area contributed by atoms with Gasteiger partial charge in [-0.25, -0.2) is 0 Å². The quantitative estimate of drug-likeness (QED) is 0.872. The monoisotopic (exact) mass is 312 g/mol. The van der Waals surface area contributed by atoms with Gasteiger partial charge in [0.2, 0.25) is 0 Å². The molecular weight excluding hydrogens is 291 g/mol. The van der Waals surface area contributed by atoms with Crippen molar-refractivity contribution in [3.8, 4) is 0 Å². The van der Waals surface area contributed by atoms with Gasteiger partial charge in [-0.3, -0.25) is 0 Å². The van der Waals surface area contributed by atoms with E-state index in [1.54, 1.807) is 11.8 Å². The van der Waals surface area contributed by atoms with Gasteiger partial charge in [0, 0.05) is 12.0 Å². The summed E-state index contributed by atoms with van der Waals surface area (Å²) < 4.78 is 2.29. The van der Waals surface area contributed by atoms with Gasteiger partial charge < -0.3 is 9.88 Å². The van der Waals surface area contributed by atoms with Crippen LogP contribution in [0.25, 0.3) is 0 Å². The van der Waals surface area contributed by atoms with Gasteiger partial charge >= 0.3 is 0 Å². The highest BCUT2D eigenvalue weighted by molar-refractivity contribution is 7.98. The van der Waals surface area contributed by atoms with E-state index < -0.39 is 0 Å². The Hall–Kier alpha value is 0.0300. The van der Waals surface area contributed by atoms with E-state index in [1.807, 2.05) is 0 Å². The molecule has 1 N–H and O–H groups in total. The van der Waals surface area contributed by atoms with Crippen molar-refractivity contribution in [3.63, 3.8) is 0 Å². The molecule has 0 unspecified atom stereocenters. The molecule has 7 heteroatoms. The van der Waals surface area contributed by atoms with Gasteiger partial charge in [-0.1, -0.05) is 11.8 Å². The van der Waals surface area contributed by atoms with Crippen molar-refractivity contribution in [3.05, 3.63) is 5.82 Å². The highest BCUT2D eigenvalue weighted by Gasteiger charge is 2.23. The topological polar surface area (TPSA) is 42.7 Å². The van der Waals surface area contributed by atoms with E-state index in [4.69, 9.17) is 0 Å². The maximum absolute atomic E-state index is 4.40. The number of rotatable bonds is 3. The van der Waals surface area contributed by atoms with Crippen LogP contribution in [0.2, 0.25) is 0 Å². The molecule has 1 aliphatic heterocycles. The first kappa shape index (κ1) is 18.0. The van der Waals surface area contributed by atoms with Gasteiger partial charge in [-0.05, 0) is 46.0 Å². The molecule has 2 rings (SSSR count). The van der Waals surface area contributed by atoms with Crippen LogP contribution in [0.5, 0.6) is 0 Å². The van der Waals surface area contributed by atoms with E-state index in [0.29, 0.717) is 12.0 Å². The molecule has 106 valence electrons. The molecule has 0 amide bonds. The zero-order valence-electron chi connectivity index (χ0n) is 11.0. The molecule has 0 atom stereocenters. The van der Waals surface area contributed by atoms with Crippen LogP contribution < -0.4 is 5.32 Å². The van der Waals surface area contributed by atoms with Crippen molar-refractivity contribution in [1.29, 1.82) is 0 Å². The number of nitrogens with one attached hydrogen (secondary N) is 1. The van der Waals surface area contributed by atoms with Crippen LogP contribution in [-0.4, -0.2) is 34.1 Å². The molecule has 0 aliphatic carbocycles. The summed E-state index contributed by atoms with van der Waals surface area (Å²) in [4.78, 5) is 0. The zero-order valence-corrected chi connectivity index (χ0v) is 13.5. The van der Waals surface area contributed by atoms with Crippen LogP contribution >= 0.6 is 36.6 Å². The molecule has 0 radical (unpaired) electrons. The molecule has 0 saturated carbocycles. The first-order valence-corrected chi connectivity index (χ1v) is 7.16. The van der Waals surface area contributed by atoms with E-state index in [1.165, 1.54) is 18.7 Å². The third kappa shape index (κ3) is 3.76. The van der Waals surface area contributed by atoms with Crippen molar-refractivity contribution in [2.45, 2.75) is 43.8 Å². The fourth-order valence-electron chi connectivity index (χ4n) is 2.27.